The van der Waals surface area contributed by atoms with Crippen LogP contribution in [0.25, 0.3) is 11.5 Å². The normalized spacial score (nSPS) is 10.3. The van der Waals surface area contributed by atoms with Gasteiger partial charge in [0.2, 0.25) is 0 Å². The summed E-state index contributed by atoms with van der Waals surface area (Å²) in [6.07, 6.45) is 3.17. The molecule has 2 aromatic carbocycles. The minimum atomic E-state index is 0. The van der Waals surface area contributed by atoms with Crippen molar-refractivity contribution in [2.45, 2.75) is 0 Å². The van der Waals surface area contributed by atoms with Gasteiger partial charge in [-0.2, -0.15) is 0 Å². The van der Waals surface area contributed by atoms with Crippen LogP contribution < -0.4 is 0 Å². The van der Waals surface area contributed by atoms with Crippen molar-refractivity contribution in [3.05, 3.63) is 71.1 Å². The van der Waals surface area contributed by atoms with Crippen molar-refractivity contribution in [2.24, 2.45) is 9.98 Å². The molecular formula is C18H22CrN4O2+. The fraction of sp³-hybridized carbons (Fsp3) is 0.222. The number of aromatic hydroxyl groups is 2. The Morgan fingerprint density at radius 1 is 0.720 bits per heavy atom. The van der Waals surface area contributed by atoms with Gasteiger partial charge < -0.3 is 21.7 Å². The van der Waals surface area contributed by atoms with Crippen LogP contribution >= 0.6 is 0 Å². The van der Waals surface area contributed by atoms with Crippen LogP contribution in [0.2, 0.25) is 0 Å². The predicted molar refractivity (Wildman–Crippen MR) is 99.5 cm³/mol. The third-order valence-corrected chi connectivity index (χ3v) is 2.82. The maximum Gasteiger partial charge on any atom is 3.00 e. The molecule has 0 aliphatic rings. The van der Waals surface area contributed by atoms with E-state index in [0.717, 1.165) is 0 Å². The Kier molecular flexibility index (Phi) is 13.0. The SMILES string of the molecule is [Cr+3].[NH-]CCN=Cc1ccccc1O.[NH-]CCN=Cc1ccccc1O. The van der Waals surface area contributed by atoms with Crippen LogP contribution in [0.3, 0.4) is 0 Å². The van der Waals surface area contributed by atoms with Crippen molar-refractivity contribution < 1.29 is 27.6 Å². The van der Waals surface area contributed by atoms with Crippen LogP contribution in [0.5, 0.6) is 11.5 Å². The smallest absolute Gasteiger partial charge is 0.676 e. The maximum absolute atomic E-state index is 9.27. The van der Waals surface area contributed by atoms with E-state index in [1.54, 1.807) is 48.8 Å². The second-order valence-corrected chi connectivity index (χ2v) is 4.69. The molecule has 0 saturated heterocycles. The molecule has 25 heavy (non-hydrogen) atoms. The molecule has 0 aromatic heterocycles. The van der Waals surface area contributed by atoms with Gasteiger partial charge in [0, 0.05) is 36.6 Å². The predicted octanol–water partition coefficient (Wildman–Crippen LogP) is 3.72. The second-order valence-electron chi connectivity index (χ2n) is 4.69. The number of hydrogen-bond donors (Lipinski definition) is 2. The maximum atomic E-state index is 9.27. The van der Waals surface area contributed by atoms with E-state index in [2.05, 4.69) is 9.98 Å². The van der Waals surface area contributed by atoms with Crippen LogP contribution in [0.4, 0.5) is 0 Å². The molecule has 4 N–H and O–H groups in total. The van der Waals surface area contributed by atoms with Gasteiger partial charge in [0.25, 0.3) is 0 Å². The number of rotatable bonds is 6. The standard InChI is InChI=1S/2C9H11N2O.Cr/c2*10-5-6-11-7-8-3-1-2-4-9(8)12;/h2*1-4,7,10,12H,5-6H2;/q2*-1;+3. The number of hydrogen-bond acceptors (Lipinski definition) is 4. The molecule has 2 rings (SSSR count). The van der Waals surface area contributed by atoms with Crippen LogP contribution in [-0.4, -0.2) is 48.8 Å². The number of nitrogens with zero attached hydrogens (tertiary/aromatic N) is 2. The van der Waals surface area contributed by atoms with Gasteiger partial charge in [-0.3, -0.25) is 9.98 Å². The number of aliphatic imine (C=N–C) groups is 2. The van der Waals surface area contributed by atoms with Gasteiger partial charge in [-0.25, -0.2) is 0 Å². The summed E-state index contributed by atoms with van der Waals surface area (Å²) in [5, 5.41) is 18.5. The Bertz CT molecular complexity index is 606. The molecule has 6 nitrogen and oxygen atoms in total. The zero-order valence-electron chi connectivity index (χ0n) is 13.8. The van der Waals surface area contributed by atoms with E-state index in [1.165, 1.54) is 0 Å². The molecule has 0 aliphatic heterocycles. The molecule has 0 aliphatic carbocycles. The summed E-state index contributed by atoms with van der Waals surface area (Å²) in [5.74, 6) is 0.456. The monoisotopic (exact) mass is 378 g/mol. The molecule has 0 bridgehead atoms. The first kappa shape index (κ1) is 22.8. The van der Waals surface area contributed by atoms with Gasteiger partial charge >= 0.3 is 17.4 Å². The third kappa shape index (κ3) is 9.65. The van der Waals surface area contributed by atoms with Gasteiger partial charge in [-0.1, -0.05) is 24.3 Å². The summed E-state index contributed by atoms with van der Waals surface area (Å²) in [4.78, 5) is 7.90. The van der Waals surface area contributed by atoms with Crippen LogP contribution in [0.15, 0.2) is 58.5 Å². The van der Waals surface area contributed by atoms with E-state index in [0.29, 0.717) is 24.2 Å². The minimum Gasteiger partial charge on any atom is -0.676 e. The van der Waals surface area contributed by atoms with Gasteiger partial charge in [0.1, 0.15) is 11.5 Å². The first-order valence-electron chi connectivity index (χ1n) is 7.54. The Balaban J connectivity index is 0.000000443. The van der Waals surface area contributed by atoms with Gasteiger partial charge in [-0.15, -0.1) is 13.1 Å². The van der Waals surface area contributed by atoms with Crippen molar-refractivity contribution in [2.75, 3.05) is 26.2 Å². The molecule has 0 amide bonds. The van der Waals surface area contributed by atoms with E-state index in [4.69, 9.17) is 11.5 Å². The van der Waals surface area contributed by atoms with Crippen molar-refractivity contribution >= 4 is 12.4 Å². The summed E-state index contributed by atoms with van der Waals surface area (Å²) >= 11 is 0. The summed E-state index contributed by atoms with van der Waals surface area (Å²) < 4.78 is 0. The van der Waals surface area contributed by atoms with E-state index in [-0.39, 0.29) is 41.9 Å². The van der Waals surface area contributed by atoms with E-state index in [9.17, 15) is 10.2 Å². The van der Waals surface area contributed by atoms with Gasteiger partial charge in [0.05, 0.1) is 0 Å². The largest absolute Gasteiger partial charge is 3.00 e. The Hall–Kier alpha value is -2.17. The van der Waals surface area contributed by atoms with Crippen LogP contribution in [-0.2, 0) is 17.4 Å². The number of phenols is 2. The van der Waals surface area contributed by atoms with E-state index < -0.39 is 0 Å². The van der Waals surface area contributed by atoms with Gasteiger partial charge in [0.15, 0.2) is 0 Å². The Morgan fingerprint density at radius 3 is 1.40 bits per heavy atom. The van der Waals surface area contributed by atoms with E-state index >= 15 is 0 Å². The van der Waals surface area contributed by atoms with Crippen LogP contribution in [0, 0.1) is 0 Å². The molecule has 1 radical (unpaired) electrons. The molecule has 131 valence electrons. The first-order chi connectivity index (χ1) is 11.7. The number of nitrogens with one attached hydrogen (secondary N) is 2. The molecule has 0 saturated carbocycles. The van der Waals surface area contributed by atoms with Gasteiger partial charge in [-0.05, 0) is 24.3 Å². The quantitative estimate of drug-likeness (QED) is 0.746. The zero-order valence-corrected chi connectivity index (χ0v) is 15.1. The van der Waals surface area contributed by atoms with E-state index in [1.807, 2.05) is 12.1 Å². The molecule has 0 atom stereocenters. The molecular weight excluding hydrogens is 356 g/mol. The number of benzene rings is 2. The average molecular weight is 378 g/mol. The molecule has 2 aromatic rings. The topological polar surface area (TPSA) is 113 Å². The average Bonchev–Trinajstić information content (AvgIpc) is 2.59. The molecule has 0 unspecified atom stereocenters. The van der Waals surface area contributed by atoms with Crippen molar-refractivity contribution in [1.29, 1.82) is 0 Å². The summed E-state index contributed by atoms with van der Waals surface area (Å²) in [7, 11) is 0. The Morgan fingerprint density at radius 2 is 1.08 bits per heavy atom. The summed E-state index contributed by atoms with van der Waals surface area (Å²) in [6.45, 7) is 1.52. The zero-order chi connectivity index (χ0) is 17.6. The molecule has 7 heteroatoms. The van der Waals surface area contributed by atoms with Crippen molar-refractivity contribution in [3.8, 4) is 11.5 Å². The molecule has 0 fully saturated rings. The summed E-state index contributed by atoms with van der Waals surface area (Å²) in [6, 6.07) is 14.0. The molecule has 0 heterocycles. The number of phenolic OH excluding ortho intramolecular Hbond substituents is 2. The van der Waals surface area contributed by atoms with Crippen molar-refractivity contribution in [1.82, 2.24) is 0 Å². The number of para-hydroxylation sites is 2. The first-order valence-corrected chi connectivity index (χ1v) is 7.54. The minimum absolute atomic E-state index is 0. The fourth-order valence-electron chi connectivity index (χ4n) is 1.65. The Labute approximate surface area is 159 Å². The molecule has 0 spiro atoms. The van der Waals surface area contributed by atoms with Crippen LogP contribution in [0.1, 0.15) is 11.1 Å². The second kappa shape index (κ2) is 14.2. The third-order valence-electron chi connectivity index (χ3n) is 2.82. The van der Waals surface area contributed by atoms with Crippen molar-refractivity contribution in [3.63, 3.8) is 0 Å². The summed E-state index contributed by atoms with van der Waals surface area (Å²) in [5.41, 5.74) is 15.1. The fourth-order valence-corrected chi connectivity index (χ4v) is 1.65.